The van der Waals surface area contributed by atoms with E-state index in [1.54, 1.807) is 0 Å². The molecule has 0 saturated heterocycles. The minimum absolute atomic E-state index is 0.468. The molecule has 2 heteroatoms. The lowest BCUT2D eigenvalue weighted by molar-refractivity contribution is 0.0682. The monoisotopic (exact) mass is 289 g/mol. The lowest BCUT2D eigenvalue weighted by Crippen LogP contribution is -2.29. The van der Waals surface area contributed by atoms with Gasteiger partial charge in [-0.15, -0.1) is 0 Å². The molecule has 118 valence electrons. The van der Waals surface area contributed by atoms with Crippen LogP contribution in [0.3, 0.4) is 0 Å². The summed E-state index contributed by atoms with van der Waals surface area (Å²) in [6.45, 7) is 9.09. The molecule has 1 N–H and O–H groups in total. The van der Waals surface area contributed by atoms with Crippen molar-refractivity contribution in [3.8, 4) is 0 Å². The molecule has 1 aromatic rings. The highest BCUT2D eigenvalue weighted by molar-refractivity contribution is 5.55. The highest BCUT2D eigenvalue weighted by Crippen LogP contribution is 2.31. The van der Waals surface area contributed by atoms with E-state index in [0.717, 1.165) is 0 Å². The van der Waals surface area contributed by atoms with E-state index >= 15 is 0 Å². The molecular weight excluding hydrogens is 258 g/mol. The molecule has 0 spiro atoms. The van der Waals surface area contributed by atoms with Crippen molar-refractivity contribution < 1.29 is 4.74 Å². The Morgan fingerprint density at radius 2 is 1.67 bits per heavy atom. The van der Waals surface area contributed by atoms with E-state index < -0.39 is 0 Å². The quantitative estimate of drug-likeness (QED) is 0.794. The highest BCUT2D eigenvalue weighted by atomic mass is 16.5. The minimum Gasteiger partial charge on any atom is -0.382 e. The van der Waals surface area contributed by atoms with Crippen LogP contribution in [0, 0.1) is 0 Å². The van der Waals surface area contributed by atoms with Crippen molar-refractivity contribution in [2.75, 3.05) is 12.4 Å². The maximum Gasteiger partial charge on any atom is 0.0572 e. The number of nitrogens with one attached hydrogen (secondary N) is 1. The van der Waals surface area contributed by atoms with E-state index in [0.29, 0.717) is 24.0 Å². The maximum atomic E-state index is 5.47. The van der Waals surface area contributed by atoms with Gasteiger partial charge in [-0.2, -0.15) is 0 Å². The van der Waals surface area contributed by atoms with Crippen LogP contribution in [0.4, 0.5) is 5.69 Å². The molecule has 1 fully saturated rings. The smallest absolute Gasteiger partial charge is 0.0572 e. The molecule has 2 rings (SSSR count). The van der Waals surface area contributed by atoms with Crippen LogP contribution in [0.2, 0.25) is 0 Å². The molecule has 0 amide bonds. The summed E-state index contributed by atoms with van der Waals surface area (Å²) in [6.07, 6.45) is 5.24. The Morgan fingerprint density at radius 3 is 2.19 bits per heavy atom. The Morgan fingerprint density at radius 1 is 1.00 bits per heavy atom. The van der Waals surface area contributed by atoms with Crippen molar-refractivity contribution in [3.05, 3.63) is 29.3 Å². The number of benzene rings is 1. The summed E-state index contributed by atoms with van der Waals surface area (Å²) in [5.74, 6) is 1.15. The number of ether oxygens (including phenoxy) is 1. The number of hydrogen-bond acceptors (Lipinski definition) is 2. The van der Waals surface area contributed by atoms with Crippen LogP contribution in [-0.2, 0) is 4.74 Å². The lowest BCUT2D eigenvalue weighted by Gasteiger charge is -2.30. The molecule has 0 heterocycles. The van der Waals surface area contributed by atoms with E-state index in [4.69, 9.17) is 4.74 Å². The predicted molar refractivity (Wildman–Crippen MR) is 91.3 cm³/mol. The zero-order valence-corrected chi connectivity index (χ0v) is 14.3. The van der Waals surface area contributed by atoms with Crippen LogP contribution in [0.15, 0.2) is 18.2 Å². The van der Waals surface area contributed by atoms with Crippen molar-refractivity contribution in [2.24, 2.45) is 0 Å². The average Bonchev–Trinajstić information content (AvgIpc) is 2.48. The molecule has 0 aliphatic heterocycles. The molecule has 2 nitrogen and oxygen atoms in total. The molecule has 0 bridgehead atoms. The standard InChI is InChI=1S/C19H31NO/c1-13(2)15-6-11-19(18(12-15)14(3)4)20-16-7-9-17(21-5)10-8-16/h6,11-14,16-17,20H,7-10H2,1-5H3. The van der Waals surface area contributed by atoms with Gasteiger partial charge in [-0.25, -0.2) is 0 Å². The fourth-order valence-electron chi connectivity index (χ4n) is 3.21. The fraction of sp³-hybridized carbons (Fsp3) is 0.684. The molecule has 1 aromatic carbocycles. The Kier molecular flexibility index (Phi) is 5.69. The summed E-state index contributed by atoms with van der Waals surface area (Å²) in [6, 6.07) is 7.55. The third-order valence-electron chi connectivity index (χ3n) is 4.73. The molecule has 1 aliphatic rings. The van der Waals surface area contributed by atoms with Crippen molar-refractivity contribution in [1.29, 1.82) is 0 Å². The third-order valence-corrected chi connectivity index (χ3v) is 4.73. The third kappa shape index (κ3) is 4.23. The van der Waals surface area contributed by atoms with Crippen molar-refractivity contribution in [2.45, 2.75) is 77.4 Å². The predicted octanol–water partition coefficient (Wildman–Crippen LogP) is 5.30. The van der Waals surface area contributed by atoms with Crippen LogP contribution in [0.25, 0.3) is 0 Å². The second-order valence-corrected chi connectivity index (χ2v) is 7.01. The van der Waals surface area contributed by atoms with Gasteiger partial charge in [0.25, 0.3) is 0 Å². The van der Waals surface area contributed by atoms with Gasteiger partial charge in [0.1, 0.15) is 0 Å². The van der Waals surface area contributed by atoms with Gasteiger partial charge in [0.15, 0.2) is 0 Å². The molecular formula is C19H31NO. The number of methoxy groups -OCH3 is 1. The van der Waals surface area contributed by atoms with Crippen molar-refractivity contribution in [1.82, 2.24) is 0 Å². The van der Waals surface area contributed by atoms with Gasteiger partial charge in [0.05, 0.1) is 6.10 Å². The molecule has 0 atom stereocenters. The van der Waals surface area contributed by atoms with E-state index in [9.17, 15) is 0 Å². The SMILES string of the molecule is COC1CCC(Nc2ccc(C(C)C)cc2C(C)C)CC1. The van der Waals surface area contributed by atoms with Crippen LogP contribution in [0.1, 0.15) is 76.3 Å². The van der Waals surface area contributed by atoms with Gasteiger partial charge in [0.2, 0.25) is 0 Å². The lowest BCUT2D eigenvalue weighted by atomic mass is 9.90. The van der Waals surface area contributed by atoms with Gasteiger partial charge >= 0.3 is 0 Å². The number of rotatable bonds is 5. The molecule has 0 aromatic heterocycles. The molecule has 21 heavy (non-hydrogen) atoms. The van der Waals surface area contributed by atoms with E-state index in [1.807, 2.05) is 7.11 Å². The van der Waals surface area contributed by atoms with E-state index in [2.05, 4.69) is 51.2 Å². The van der Waals surface area contributed by atoms with Gasteiger partial charge in [-0.05, 0) is 54.7 Å². The van der Waals surface area contributed by atoms with Crippen molar-refractivity contribution in [3.63, 3.8) is 0 Å². The Bertz CT molecular complexity index is 445. The zero-order valence-electron chi connectivity index (χ0n) is 14.3. The fourth-order valence-corrected chi connectivity index (χ4v) is 3.21. The van der Waals surface area contributed by atoms with Crippen LogP contribution < -0.4 is 5.32 Å². The second-order valence-electron chi connectivity index (χ2n) is 7.01. The van der Waals surface area contributed by atoms with E-state index in [1.165, 1.54) is 42.5 Å². The first-order valence-corrected chi connectivity index (χ1v) is 8.44. The van der Waals surface area contributed by atoms with Crippen LogP contribution >= 0.6 is 0 Å². The summed E-state index contributed by atoms with van der Waals surface area (Å²) >= 11 is 0. The summed E-state index contributed by atoms with van der Waals surface area (Å²) < 4.78 is 5.47. The topological polar surface area (TPSA) is 21.3 Å². The summed E-state index contributed by atoms with van der Waals surface area (Å²) in [7, 11) is 1.83. The molecule has 1 aliphatic carbocycles. The summed E-state index contributed by atoms with van der Waals surface area (Å²) in [5, 5.41) is 3.79. The Labute approximate surface area is 130 Å². The first-order chi connectivity index (χ1) is 10.0. The van der Waals surface area contributed by atoms with Crippen LogP contribution in [0.5, 0.6) is 0 Å². The van der Waals surface area contributed by atoms with Gasteiger partial charge in [0, 0.05) is 18.8 Å². The second kappa shape index (κ2) is 7.31. The molecule has 0 radical (unpaired) electrons. The Balaban J connectivity index is 2.09. The Hall–Kier alpha value is -1.02. The highest BCUT2D eigenvalue weighted by Gasteiger charge is 2.21. The maximum absolute atomic E-state index is 5.47. The summed E-state index contributed by atoms with van der Waals surface area (Å²) in [5.41, 5.74) is 4.22. The van der Waals surface area contributed by atoms with E-state index in [-0.39, 0.29) is 0 Å². The zero-order chi connectivity index (χ0) is 15.4. The molecule has 1 saturated carbocycles. The average molecular weight is 289 g/mol. The van der Waals surface area contributed by atoms with Crippen molar-refractivity contribution >= 4 is 5.69 Å². The van der Waals surface area contributed by atoms with Gasteiger partial charge in [-0.3, -0.25) is 0 Å². The first kappa shape index (κ1) is 16.4. The minimum atomic E-state index is 0.468. The number of hydrogen-bond donors (Lipinski definition) is 1. The number of anilines is 1. The van der Waals surface area contributed by atoms with Gasteiger partial charge in [-0.1, -0.05) is 39.8 Å². The van der Waals surface area contributed by atoms with Crippen LogP contribution in [-0.4, -0.2) is 19.3 Å². The first-order valence-electron chi connectivity index (χ1n) is 8.44. The molecule has 0 unspecified atom stereocenters. The summed E-state index contributed by atoms with van der Waals surface area (Å²) in [4.78, 5) is 0. The normalized spacial score (nSPS) is 22.8. The largest absolute Gasteiger partial charge is 0.382 e. The van der Waals surface area contributed by atoms with Gasteiger partial charge < -0.3 is 10.1 Å².